The molecule has 0 amide bonds. The smallest absolute Gasteiger partial charge is 0.303 e. The van der Waals surface area contributed by atoms with Crippen LogP contribution in [0.2, 0.25) is 0 Å². The monoisotopic (exact) mass is 237 g/mol. The highest BCUT2D eigenvalue weighted by Gasteiger charge is 2.06. The minimum Gasteiger partial charge on any atom is -0.481 e. The molecule has 1 N–H and O–H groups in total. The lowest BCUT2D eigenvalue weighted by atomic mass is 10.1. The highest BCUT2D eigenvalue weighted by molar-refractivity contribution is 5.67. The van der Waals surface area contributed by atoms with Crippen molar-refractivity contribution in [3.63, 3.8) is 0 Å². The SMILES string of the molecule is CC(C)CCn1cccc(CCC(=O)O)c1=O. The largest absolute Gasteiger partial charge is 0.481 e. The van der Waals surface area contributed by atoms with E-state index < -0.39 is 5.97 Å². The zero-order chi connectivity index (χ0) is 12.8. The number of aliphatic carboxylic acids is 1. The van der Waals surface area contributed by atoms with Gasteiger partial charge in [0, 0.05) is 24.7 Å². The summed E-state index contributed by atoms with van der Waals surface area (Å²) in [5.41, 5.74) is 0.521. The van der Waals surface area contributed by atoms with Gasteiger partial charge in [-0.05, 0) is 24.8 Å². The normalized spacial score (nSPS) is 10.8. The maximum Gasteiger partial charge on any atom is 0.303 e. The van der Waals surface area contributed by atoms with Gasteiger partial charge in [-0.15, -0.1) is 0 Å². The Morgan fingerprint density at radius 1 is 1.47 bits per heavy atom. The molecule has 0 radical (unpaired) electrons. The lowest BCUT2D eigenvalue weighted by molar-refractivity contribution is -0.136. The number of carboxylic acids is 1. The fraction of sp³-hybridized carbons (Fsp3) is 0.538. The molecule has 0 aromatic carbocycles. The summed E-state index contributed by atoms with van der Waals surface area (Å²) >= 11 is 0. The Kier molecular flexibility index (Phi) is 4.94. The molecule has 0 saturated heterocycles. The number of nitrogens with zero attached hydrogens (tertiary/aromatic N) is 1. The average Bonchev–Trinajstić information content (AvgIpc) is 2.25. The third kappa shape index (κ3) is 4.43. The Morgan fingerprint density at radius 3 is 2.76 bits per heavy atom. The first-order valence-corrected chi connectivity index (χ1v) is 5.91. The third-order valence-corrected chi connectivity index (χ3v) is 2.65. The van der Waals surface area contributed by atoms with E-state index in [1.165, 1.54) is 0 Å². The van der Waals surface area contributed by atoms with Crippen LogP contribution in [0.5, 0.6) is 0 Å². The zero-order valence-electron chi connectivity index (χ0n) is 10.3. The first-order chi connectivity index (χ1) is 8.00. The van der Waals surface area contributed by atoms with Gasteiger partial charge in [0.25, 0.3) is 5.56 Å². The molecule has 0 spiro atoms. The topological polar surface area (TPSA) is 59.3 Å². The predicted molar refractivity (Wildman–Crippen MR) is 66.1 cm³/mol. The van der Waals surface area contributed by atoms with Crippen molar-refractivity contribution in [1.82, 2.24) is 4.57 Å². The number of hydrogen-bond acceptors (Lipinski definition) is 2. The van der Waals surface area contributed by atoms with Gasteiger partial charge in [0.1, 0.15) is 0 Å². The third-order valence-electron chi connectivity index (χ3n) is 2.65. The molecule has 0 bridgehead atoms. The van der Waals surface area contributed by atoms with Gasteiger partial charge in [0.15, 0.2) is 0 Å². The van der Waals surface area contributed by atoms with Crippen LogP contribution in [-0.4, -0.2) is 15.6 Å². The molecule has 94 valence electrons. The van der Waals surface area contributed by atoms with E-state index in [1.807, 2.05) is 0 Å². The number of carboxylic acid groups (broad SMARTS) is 1. The summed E-state index contributed by atoms with van der Waals surface area (Å²) in [4.78, 5) is 22.4. The van der Waals surface area contributed by atoms with E-state index in [4.69, 9.17) is 5.11 Å². The lowest BCUT2D eigenvalue weighted by Crippen LogP contribution is -2.24. The number of hydrogen-bond donors (Lipinski definition) is 1. The van der Waals surface area contributed by atoms with Crippen LogP contribution in [0.4, 0.5) is 0 Å². The maximum absolute atomic E-state index is 12.0. The number of aromatic nitrogens is 1. The fourth-order valence-electron chi connectivity index (χ4n) is 1.59. The van der Waals surface area contributed by atoms with Crippen LogP contribution in [0, 0.1) is 5.92 Å². The molecule has 1 aromatic rings. The van der Waals surface area contributed by atoms with Crippen molar-refractivity contribution >= 4 is 5.97 Å². The van der Waals surface area contributed by atoms with Gasteiger partial charge in [0.05, 0.1) is 0 Å². The molecular formula is C13H19NO3. The quantitative estimate of drug-likeness (QED) is 0.822. The second-order valence-electron chi connectivity index (χ2n) is 4.61. The summed E-state index contributed by atoms with van der Waals surface area (Å²) in [5.74, 6) is -0.327. The molecule has 0 aliphatic heterocycles. The summed E-state index contributed by atoms with van der Waals surface area (Å²) in [6.07, 6.45) is 3.01. The average molecular weight is 237 g/mol. The van der Waals surface area contributed by atoms with E-state index in [1.54, 1.807) is 22.9 Å². The van der Waals surface area contributed by atoms with Crippen LogP contribution in [0.1, 0.15) is 32.3 Å². The molecule has 1 aromatic heterocycles. The lowest BCUT2D eigenvalue weighted by Gasteiger charge is -2.09. The van der Waals surface area contributed by atoms with Crippen LogP contribution in [0.3, 0.4) is 0 Å². The summed E-state index contributed by atoms with van der Waals surface area (Å²) in [6.45, 7) is 4.91. The molecule has 0 saturated carbocycles. The first kappa shape index (κ1) is 13.5. The van der Waals surface area contributed by atoms with E-state index in [-0.39, 0.29) is 12.0 Å². The van der Waals surface area contributed by atoms with Gasteiger partial charge >= 0.3 is 5.97 Å². The van der Waals surface area contributed by atoms with Gasteiger partial charge in [-0.25, -0.2) is 0 Å². The summed E-state index contributed by atoms with van der Waals surface area (Å²) in [7, 11) is 0. The molecule has 0 aliphatic rings. The Balaban J connectivity index is 2.76. The highest BCUT2D eigenvalue weighted by atomic mass is 16.4. The highest BCUT2D eigenvalue weighted by Crippen LogP contribution is 2.02. The molecule has 0 unspecified atom stereocenters. The van der Waals surface area contributed by atoms with Crippen LogP contribution < -0.4 is 5.56 Å². The van der Waals surface area contributed by atoms with E-state index in [2.05, 4.69) is 13.8 Å². The Bertz CT molecular complexity index is 435. The Hall–Kier alpha value is -1.58. The zero-order valence-corrected chi connectivity index (χ0v) is 10.3. The maximum atomic E-state index is 12.0. The molecule has 4 nitrogen and oxygen atoms in total. The standard InChI is InChI=1S/C13H19NO3/c1-10(2)7-9-14-8-3-4-11(13(14)17)5-6-12(15)16/h3-4,8,10H,5-7,9H2,1-2H3,(H,15,16). The molecule has 17 heavy (non-hydrogen) atoms. The molecule has 1 rings (SSSR count). The van der Waals surface area contributed by atoms with Crippen molar-refractivity contribution in [2.24, 2.45) is 5.92 Å². The van der Waals surface area contributed by atoms with Crippen molar-refractivity contribution in [3.05, 3.63) is 34.2 Å². The van der Waals surface area contributed by atoms with Gasteiger partial charge in [-0.3, -0.25) is 9.59 Å². The van der Waals surface area contributed by atoms with Crippen LogP contribution in [0.25, 0.3) is 0 Å². The summed E-state index contributed by atoms with van der Waals surface area (Å²) in [6, 6.07) is 3.51. The summed E-state index contributed by atoms with van der Waals surface area (Å²) in [5, 5.41) is 8.60. The van der Waals surface area contributed by atoms with Crippen molar-refractivity contribution in [2.75, 3.05) is 0 Å². The molecule has 1 heterocycles. The second-order valence-corrected chi connectivity index (χ2v) is 4.61. The summed E-state index contributed by atoms with van der Waals surface area (Å²) < 4.78 is 1.66. The van der Waals surface area contributed by atoms with Crippen LogP contribution >= 0.6 is 0 Å². The van der Waals surface area contributed by atoms with Gasteiger partial charge < -0.3 is 9.67 Å². The molecular weight excluding hydrogens is 218 g/mol. The van der Waals surface area contributed by atoms with Crippen LogP contribution in [-0.2, 0) is 17.8 Å². The number of rotatable bonds is 6. The van der Waals surface area contributed by atoms with E-state index in [0.29, 0.717) is 24.4 Å². The van der Waals surface area contributed by atoms with Crippen molar-refractivity contribution < 1.29 is 9.90 Å². The number of carbonyl (C=O) groups is 1. The minimum atomic E-state index is -0.873. The van der Waals surface area contributed by atoms with Crippen LogP contribution in [0.15, 0.2) is 23.1 Å². The first-order valence-electron chi connectivity index (χ1n) is 5.91. The van der Waals surface area contributed by atoms with Gasteiger partial charge in [0.2, 0.25) is 0 Å². The van der Waals surface area contributed by atoms with E-state index >= 15 is 0 Å². The van der Waals surface area contributed by atoms with Gasteiger partial charge in [-0.2, -0.15) is 0 Å². The van der Waals surface area contributed by atoms with Gasteiger partial charge in [-0.1, -0.05) is 19.9 Å². The van der Waals surface area contributed by atoms with Crippen molar-refractivity contribution in [1.29, 1.82) is 0 Å². The predicted octanol–water partition coefficient (Wildman–Crippen LogP) is 1.91. The van der Waals surface area contributed by atoms with Crippen molar-refractivity contribution in [2.45, 2.75) is 39.7 Å². The second kappa shape index (κ2) is 6.23. The molecule has 0 atom stereocenters. The molecule has 0 aliphatic carbocycles. The Labute approximate surface area is 101 Å². The molecule has 4 heteroatoms. The van der Waals surface area contributed by atoms with E-state index in [9.17, 15) is 9.59 Å². The fourth-order valence-corrected chi connectivity index (χ4v) is 1.59. The number of pyridine rings is 1. The van der Waals surface area contributed by atoms with Crippen molar-refractivity contribution in [3.8, 4) is 0 Å². The van der Waals surface area contributed by atoms with E-state index in [0.717, 1.165) is 6.42 Å². The molecule has 0 fully saturated rings. The number of aryl methyl sites for hydroxylation is 2. The Morgan fingerprint density at radius 2 is 2.18 bits per heavy atom. The minimum absolute atomic E-state index is 0.00341.